The van der Waals surface area contributed by atoms with E-state index in [-0.39, 0.29) is 0 Å². The molecule has 0 saturated heterocycles. The van der Waals surface area contributed by atoms with Gasteiger partial charge in [0.1, 0.15) is 0 Å². The number of nitrogens with one attached hydrogen (secondary N) is 1. The lowest BCUT2D eigenvalue weighted by Gasteiger charge is -2.00. The average molecular weight is 310 g/mol. The highest BCUT2D eigenvalue weighted by molar-refractivity contribution is 7.98. The smallest absolute Gasteiger partial charge is 0.240 e. The van der Waals surface area contributed by atoms with E-state index in [0.717, 1.165) is 22.4 Å². The van der Waals surface area contributed by atoms with E-state index >= 15 is 0 Å². The summed E-state index contributed by atoms with van der Waals surface area (Å²) >= 11 is 7.72. The molecule has 0 atom stereocenters. The Kier molecular flexibility index (Phi) is 4.60. The van der Waals surface area contributed by atoms with Gasteiger partial charge in [0.15, 0.2) is 5.82 Å². The molecule has 106 valence electrons. The van der Waals surface area contributed by atoms with Crippen molar-refractivity contribution >= 4 is 23.4 Å². The summed E-state index contributed by atoms with van der Waals surface area (Å²) in [6, 6.07) is 7.76. The minimum atomic E-state index is 0.653. The van der Waals surface area contributed by atoms with Crippen LogP contribution in [0.4, 0.5) is 0 Å². The Hall–Kier alpha value is -1.04. The zero-order chi connectivity index (χ0) is 13.8. The van der Waals surface area contributed by atoms with E-state index in [4.69, 9.17) is 16.1 Å². The second kappa shape index (κ2) is 6.61. The topological polar surface area (TPSA) is 51.0 Å². The van der Waals surface area contributed by atoms with Crippen molar-refractivity contribution in [2.24, 2.45) is 5.92 Å². The van der Waals surface area contributed by atoms with Gasteiger partial charge in [-0.1, -0.05) is 28.9 Å². The van der Waals surface area contributed by atoms with Crippen LogP contribution in [0.1, 0.15) is 24.6 Å². The third-order valence-corrected chi connectivity index (χ3v) is 4.62. The SMILES string of the molecule is Clc1ccccc1SCc1noc(CNCC2CC2)n1. The highest BCUT2D eigenvalue weighted by atomic mass is 35.5. The Labute approximate surface area is 127 Å². The number of thioether (sulfide) groups is 1. The Morgan fingerprint density at radius 1 is 1.35 bits per heavy atom. The first kappa shape index (κ1) is 13.9. The van der Waals surface area contributed by atoms with Gasteiger partial charge in [0.05, 0.1) is 17.3 Å². The van der Waals surface area contributed by atoms with Gasteiger partial charge < -0.3 is 9.84 Å². The highest BCUT2D eigenvalue weighted by Gasteiger charge is 2.20. The molecular weight excluding hydrogens is 294 g/mol. The highest BCUT2D eigenvalue weighted by Crippen LogP contribution is 2.29. The van der Waals surface area contributed by atoms with E-state index in [1.54, 1.807) is 11.8 Å². The maximum Gasteiger partial charge on any atom is 0.240 e. The van der Waals surface area contributed by atoms with Gasteiger partial charge in [-0.2, -0.15) is 4.98 Å². The van der Waals surface area contributed by atoms with Gasteiger partial charge in [-0.05, 0) is 37.4 Å². The molecule has 0 spiro atoms. The summed E-state index contributed by atoms with van der Waals surface area (Å²) < 4.78 is 5.22. The lowest BCUT2D eigenvalue weighted by Crippen LogP contribution is -2.16. The van der Waals surface area contributed by atoms with E-state index < -0.39 is 0 Å². The molecule has 0 bridgehead atoms. The van der Waals surface area contributed by atoms with Crippen molar-refractivity contribution in [2.45, 2.75) is 30.0 Å². The van der Waals surface area contributed by atoms with Crippen LogP contribution in [0, 0.1) is 5.92 Å². The molecular formula is C14H16ClN3OS. The van der Waals surface area contributed by atoms with Crippen LogP contribution in [0.15, 0.2) is 33.7 Å². The van der Waals surface area contributed by atoms with Crippen molar-refractivity contribution < 1.29 is 4.52 Å². The third kappa shape index (κ3) is 3.98. The lowest BCUT2D eigenvalue weighted by atomic mass is 10.4. The minimum absolute atomic E-state index is 0.653. The summed E-state index contributed by atoms with van der Waals surface area (Å²) in [6.07, 6.45) is 2.69. The van der Waals surface area contributed by atoms with Crippen LogP contribution in [0.2, 0.25) is 5.02 Å². The molecule has 0 aliphatic heterocycles. The second-order valence-electron chi connectivity index (χ2n) is 4.90. The van der Waals surface area contributed by atoms with Crippen LogP contribution in [0.3, 0.4) is 0 Å². The molecule has 1 fully saturated rings. The quantitative estimate of drug-likeness (QED) is 0.793. The zero-order valence-electron chi connectivity index (χ0n) is 11.0. The Bertz CT molecular complexity index is 571. The summed E-state index contributed by atoms with van der Waals surface area (Å²) in [5, 5.41) is 8.08. The van der Waals surface area contributed by atoms with E-state index in [1.807, 2.05) is 24.3 Å². The van der Waals surface area contributed by atoms with Crippen LogP contribution < -0.4 is 5.32 Å². The summed E-state index contributed by atoms with van der Waals surface area (Å²) in [4.78, 5) is 5.40. The fourth-order valence-electron chi connectivity index (χ4n) is 1.83. The molecule has 6 heteroatoms. The summed E-state index contributed by atoms with van der Waals surface area (Å²) in [6.45, 7) is 1.70. The number of benzene rings is 1. The Morgan fingerprint density at radius 3 is 3.00 bits per heavy atom. The van der Waals surface area contributed by atoms with Gasteiger partial charge in [0.25, 0.3) is 0 Å². The minimum Gasteiger partial charge on any atom is -0.338 e. The van der Waals surface area contributed by atoms with Gasteiger partial charge in [0.2, 0.25) is 5.89 Å². The number of aromatic nitrogens is 2. The Balaban J connectivity index is 1.48. The third-order valence-electron chi connectivity index (χ3n) is 3.11. The number of halogens is 1. The standard InChI is InChI=1S/C14H16ClN3OS/c15-11-3-1-2-4-12(11)20-9-13-17-14(19-18-13)8-16-7-10-5-6-10/h1-4,10,16H,5-9H2. The maximum absolute atomic E-state index is 6.10. The molecule has 1 aliphatic rings. The van der Waals surface area contributed by atoms with Crippen molar-refractivity contribution in [1.82, 2.24) is 15.5 Å². The van der Waals surface area contributed by atoms with E-state index in [0.29, 0.717) is 24.0 Å². The van der Waals surface area contributed by atoms with Crippen molar-refractivity contribution in [1.29, 1.82) is 0 Å². The van der Waals surface area contributed by atoms with Crippen LogP contribution in [-0.4, -0.2) is 16.7 Å². The zero-order valence-corrected chi connectivity index (χ0v) is 12.6. The van der Waals surface area contributed by atoms with E-state index in [9.17, 15) is 0 Å². The molecule has 3 rings (SSSR count). The predicted octanol–water partition coefficient (Wildman–Crippen LogP) is 3.51. The molecule has 1 aromatic carbocycles. The molecule has 0 amide bonds. The fourth-order valence-corrected chi connectivity index (χ4v) is 2.91. The normalized spacial score (nSPS) is 14.7. The molecule has 0 unspecified atom stereocenters. The first-order valence-electron chi connectivity index (χ1n) is 6.71. The summed E-state index contributed by atoms with van der Waals surface area (Å²) in [7, 11) is 0. The number of hydrogen-bond acceptors (Lipinski definition) is 5. The van der Waals surface area contributed by atoms with Crippen LogP contribution in [-0.2, 0) is 12.3 Å². The van der Waals surface area contributed by atoms with E-state index in [2.05, 4.69) is 15.5 Å². The molecule has 0 radical (unpaired) electrons. The van der Waals surface area contributed by atoms with Crippen LogP contribution >= 0.6 is 23.4 Å². The van der Waals surface area contributed by atoms with Crippen molar-refractivity contribution in [3.05, 3.63) is 41.0 Å². The van der Waals surface area contributed by atoms with Crippen LogP contribution in [0.25, 0.3) is 0 Å². The number of rotatable bonds is 7. The van der Waals surface area contributed by atoms with Gasteiger partial charge in [-0.25, -0.2) is 0 Å². The molecule has 20 heavy (non-hydrogen) atoms. The molecule has 4 nitrogen and oxygen atoms in total. The maximum atomic E-state index is 6.10. The first-order valence-corrected chi connectivity index (χ1v) is 8.07. The molecule has 1 aliphatic carbocycles. The number of nitrogens with zero attached hydrogens (tertiary/aromatic N) is 2. The number of hydrogen-bond donors (Lipinski definition) is 1. The van der Waals surface area contributed by atoms with Crippen molar-refractivity contribution in [2.75, 3.05) is 6.54 Å². The van der Waals surface area contributed by atoms with Gasteiger partial charge in [-0.3, -0.25) is 0 Å². The molecule has 1 saturated carbocycles. The average Bonchev–Trinajstić information content (AvgIpc) is 3.16. The van der Waals surface area contributed by atoms with Gasteiger partial charge >= 0.3 is 0 Å². The molecule has 1 aromatic heterocycles. The van der Waals surface area contributed by atoms with Crippen molar-refractivity contribution in [3.8, 4) is 0 Å². The predicted molar refractivity (Wildman–Crippen MR) is 79.7 cm³/mol. The fraction of sp³-hybridized carbons (Fsp3) is 0.429. The van der Waals surface area contributed by atoms with Crippen molar-refractivity contribution in [3.63, 3.8) is 0 Å². The molecule has 1 heterocycles. The molecule has 2 aromatic rings. The van der Waals surface area contributed by atoms with Crippen LogP contribution in [0.5, 0.6) is 0 Å². The largest absolute Gasteiger partial charge is 0.338 e. The second-order valence-corrected chi connectivity index (χ2v) is 6.32. The summed E-state index contributed by atoms with van der Waals surface area (Å²) in [5.41, 5.74) is 0. The monoisotopic (exact) mass is 309 g/mol. The lowest BCUT2D eigenvalue weighted by molar-refractivity contribution is 0.363. The van der Waals surface area contributed by atoms with Gasteiger partial charge in [-0.15, -0.1) is 11.8 Å². The Morgan fingerprint density at radius 2 is 2.20 bits per heavy atom. The first-order chi connectivity index (χ1) is 9.81. The van der Waals surface area contributed by atoms with Gasteiger partial charge in [0, 0.05) is 4.90 Å². The summed E-state index contributed by atoms with van der Waals surface area (Å²) in [5.74, 6) is 2.88. The van der Waals surface area contributed by atoms with E-state index in [1.165, 1.54) is 12.8 Å². The molecule has 1 N–H and O–H groups in total.